The van der Waals surface area contributed by atoms with Gasteiger partial charge in [-0.05, 0) is 37.3 Å². The zero-order chi connectivity index (χ0) is 13.5. The molecule has 0 aliphatic carbocycles. The fourth-order valence-electron chi connectivity index (χ4n) is 1.56. The molecule has 0 N–H and O–H groups in total. The third kappa shape index (κ3) is 3.73. The summed E-state index contributed by atoms with van der Waals surface area (Å²) in [5, 5.41) is 0. The summed E-state index contributed by atoms with van der Waals surface area (Å²) in [5.41, 5.74) is 3.45. The lowest BCUT2D eigenvalue weighted by molar-refractivity contribution is 0.339. The van der Waals surface area contributed by atoms with Crippen LogP contribution in [0.5, 0.6) is 17.4 Å². The highest BCUT2D eigenvalue weighted by Gasteiger charge is 2.00. The second kappa shape index (κ2) is 6.43. The van der Waals surface area contributed by atoms with E-state index >= 15 is 0 Å². The van der Waals surface area contributed by atoms with Gasteiger partial charge in [-0.1, -0.05) is 12.6 Å². The van der Waals surface area contributed by atoms with Crippen molar-refractivity contribution in [1.29, 1.82) is 0 Å². The van der Waals surface area contributed by atoms with Crippen LogP contribution in [0.2, 0.25) is 0 Å². The predicted octanol–water partition coefficient (Wildman–Crippen LogP) is 4.07. The van der Waals surface area contributed by atoms with Crippen molar-refractivity contribution in [3.05, 3.63) is 60.5 Å². The molecule has 0 atom stereocenters. The fraction of sp³-hybridized carbons (Fsp3) is 0.125. The number of hydrogen-bond donors (Lipinski definition) is 0. The fourth-order valence-corrected chi connectivity index (χ4v) is 1.56. The molecule has 0 aliphatic rings. The van der Waals surface area contributed by atoms with Crippen LogP contribution in [0.4, 0.5) is 0 Å². The normalized spacial score (nSPS) is 9.53. The largest absolute Gasteiger partial charge is 0.494 e. The first kappa shape index (κ1) is 12.9. The van der Waals surface area contributed by atoms with Crippen molar-refractivity contribution in [2.75, 3.05) is 6.61 Å². The topological polar surface area (TPSA) is 31.4 Å². The number of ether oxygens (including phenoxy) is 2. The molecule has 0 spiro atoms. The van der Waals surface area contributed by atoms with Crippen LogP contribution < -0.4 is 9.47 Å². The second-order valence-electron chi connectivity index (χ2n) is 3.76. The van der Waals surface area contributed by atoms with E-state index in [0.717, 1.165) is 17.2 Å². The number of benzene rings is 1. The molecule has 1 aromatic carbocycles. The molecular formula is C16H15NO2. The highest BCUT2D eigenvalue weighted by molar-refractivity contribution is 5.44. The van der Waals surface area contributed by atoms with Gasteiger partial charge in [-0.15, -0.1) is 5.73 Å². The molecule has 0 fully saturated rings. The van der Waals surface area contributed by atoms with Crippen LogP contribution in [0.25, 0.3) is 6.08 Å². The van der Waals surface area contributed by atoms with Crippen molar-refractivity contribution >= 4 is 6.08 Å². The third-order valence-electron chi connectivity index (χ3n) is 2.35. The Morgan fingerprint density at radius 1 is 1.16 bits per heavy atom. The van der Waals surface area contributed by atoms with E-state index in [1.54, 1.807) is 12.1 Å². The molecule has 1 aromatic heterocycles. The summed E-state index contributed by atoms with van der Waals surface area (Å²) >= 11 is 0. The van der Waals surface area contributed by atoms with Gasteiger partial charge in [-0.3, -0.25) is 0 Å². The van der Waals surface area contributed by atoms with Crippen LogP contribution in [-0.4, -0.2) is 11.6 Å². The van der Waals surface area contributed by atoms with E-state index in [4.69, 9.17) is 9.47 Å². The van der Waals surface area contributed by atoms with Crippen molar-refractivity contribution < 1.29 is 9.47 Å². The van der Waals surface area contributed by atoms with Gasteiger partial charge in [0.1, 0.15) is 11.5 Å². The molecule has 0 saturated carbocycles. The van der Waals surface area contributed by atoms with Crippen LogP contribution in [0, 0.1) is 0 Å². The van der Waals surface area contributed by atoms with Crippen LogP contribution in [0.1, 0.15) is 12.6 Å². The van der Waals surface area contributed by atoms with Crippen LogP contribution in [0.15, 0.2) is 54.8 Å². The summed E-state index contributed by atoms with van der Waals surface area (Å²) in [7, 11) is 0. The highest BCUT2D eigenvalue weighted by atomic mass is 16.5. The smallest absolute Gasteiger partial charge is 0.219 e. The molecule has 0 saturated heterocycles. The molecule has 19 heavy (non-hydrogen) atoms. The van der Waals surface area contributed by atoms with Gasteiger partial charge in [0.05, 0.1) is 12.3 Å². The minimum absolute atomic E-state index is 0.535. The molecule has 96 valence electrons. The van der Waals surface area contributed by atoms with Gasteiger partial charge in [0.25, 0.3) is 0 Å². The van der Waals surface area contributed by atoms with Crippen LogP contribution in [-0.2, 0) is 0 Å². The summed E-state index contributed by atoms with van der Waals surface area (Å²) in [4.78, 5) is 4.31. The van der Waals surface area contributed by atoms with Crippen molar-refractivity contribution in [3.63, 3.8) is 0 Å². The first-order chi connectivity index (χ1) is 9.31. The number of nitrogens with zero attached hydrogens (tertiary/aromatic N) is 1. The number of aromatic nitrogens is 1. The van der Waals surface area contributed by atoms with E-state index in [1.165, 1.54) is 0 Å². The van der Waals surface area contributed by atoms with Gasteiger partial charge in [-0.2, -0.15) is 0 Å². The average Bonchev–Trinajstić information content (AvgIpc) is 2.42. The quantitative estimate of drug-likeness (QED) is 0.753. The Morgan fingerprint density at radius 2 is 1.89 bits per heavy atom. The monoisotopic (exact) mass is 253 g/mol. The Balaban J connectivity index is 2.11. The van der Waals surface area contributed by atoms with E-state index in [1.807, 2.05) is 43.3 Å². The molecule has 3 nitrogen and oxygen atoms in total. The molecule has 0 amide bonds. The van der Waals surface area contributed by atoms with Crippen molar-refractivity contribution in [2.24, 2.45) is 0 Å². The SMILES string of the molecule is C=C=Cc1cccc(Oc2ccc(OCC)cc2)n1. The Kier molecular flexibility index (Phi) is 4.38. The Bertz CT molecular complexity index is 584. The summed E-state index contributed by atoms with van der Waals surface area (Å²) in [6.07, 6.45) is 1.70. The molecule has 0 radical (unpaired) electrons. The molecule has 3 heteroatoms. The Hall–Kier alpha value is -2.51. The number of pyridine rings is 1. The Labute approximate surface area is 112 Å². The molecule has 0 aliphatic heterocycles. The maximum atomic E-state index is 5.66. The average molecular weight is 253 g/mol. The first-order valence-corrected chi connectivity index (χ1v) is 6.05. The van der Waals surface area contributed by atoms with E-state index in [0.29, 0.717) is 12.5 Å². The molecular weight excluding hydrogens is 238 g/mol. The minimum atomic E-state index is 0.535. The van der Waals surface area contributed by atoms with Gasteiger partial charge < -0.3 is 9.47 Å². The van der Waals surface area contributed by atoms with E-state index in [2.05, 4.69) is 17.3 Å². The van der Waals surface area contributed by atoms with Gasteiger partial charge in [-0.25, -0.2) is 4.98 Å². The zero-order valence-electron chi connectivity index (χ0n) is 10.8. The summed E-state index contributed by atoms with van der Waals surface area (Å²) in [6, 6.07) is 13.0. The van der Waals surface area contributed by atoms with Gasteiger partial charge in [0.15, 0.2) is 0 Å². The number of rotatable bonds is 5. The van der Waals surface area contributed by atoms with Gasteiger partial charge in [0, 0.05) is 12.1 Å². The van der Waals surface area contributed by atoms with Crippen molar-refractivity contribution in [3.8, 4) is 17.4 Å². The van der Waals surface area contributed by atoms with Gasteiger partial charge in [0.2, 0.25) is 5.88 Å². The van der Waals surface area contributed by atoms with Crippen LogP contribution >= 0.6 is 0 Å². The lowest BCUT2D eigenvalue weighted by Gasteiger charge is -2.06. The molecule has 1 heterocycles. The molecule has 0 unspecified atom stereocenters. The lowest BCUT2D eigenvalue weighted by atomic mass is 10.3. The van der Waals surface area contributed by atoms with E-state index in [-0.39, 0.29) is 0 Å². The maximum Gasteiger partial charge on any atom is 0.219 e. The lowest BCUT2D eigenvalue weighted by Crippen LogP contribution is -1.92. The first-order valence-electron chi connectivity index (χ1n) is 6.05. The summed E-state index contributed by atoms with van der Waals surface area (Å²) in [5.74, 6) is 2.08. The van der Waals surface area contributed by atoms with Crippen molar-refractivity contribution in [1.82, 2.24) is 4.98 Å². The second-order valence-corrected chi connectivity index (χ2v) is 3.76. The number of hydrogen-bond acceptors (Lipinski definition) is 3. The molecule has 0 bridgehead atoms. The predicted molar refractivity (Wildman–Crippen MR) is 75.5 cm³/mol. The highest BCUT2D eigenvalue weighted by Crippen LogP contribution is 2.22. The zero-order valence-corrected chi connectivity index (χ0v) is 10.8. The summed E-state index contributed by atoms with van der Waals surface area (Å²) < 4.78 is 11.0. The van der Waals surface area contributed by atoms with E-state index in [9.17, 15) is 0 Å². The third-order valence-corrected chi connectivity index (χ3v) is 2.35. The van der Waals surface area contributed by atoms with E-state index < -0.39 is 0 Å². The maximum absolute atomic E-state index is 5.66. The standard InChI is InChI=1S/C16H15NO2/c1-3-6-13-7-5-8-16(17-13)19-15-11-9-14(10-12-15)18-4-2/h5-12H,1,4H2,2H3. The molecule has 2 rings (SSSR count). The summed E-state index contributed by atoms with van der Waals surface area (Å²) in [6.45, 7) is 6.12. The Morgan fingerprint density at radius 3 is 2.58 bits per heavy atom. The van der Waals surface area contributed by atoms with Crippen LogP contribution in [0.3, 0.4) is 0 Å². The van der Waals surface area contributed by atoms with Gasteiger partial charge >= 0.3 is 0 Å². The van der Waals surface area contributed by atoms with Crippen molar-refractivity contribution in [2.45, 2.75) is 6.92 Å². The minimum Gasteiger partial charge on any atom is -0.494 e. The molecule has 2 aromatic rings.